The minimum atomic E-state index is 1.13. The molecule has 1 aromatic rings. The summed E-state index contributed by atoms with van der Waals surface area (Å²) in [7, 11) is 1.98. The molecule has 0 radical (unpaired) electrons. The first-order valence-electron chi connectivity index (χ1n) is 3.21. The standard InChI is InChI=1S/C7H12N2S/c1-5-6(2)8-9(3)7(5)10-4/h1-4H3. The van der Waals surface area contributed by atoms with Gasteiger partial charge in [0.05, 0.1) is 10.7 Å². The molecule has 0 N–H and O–H groups in total. The van der Waals surface area contributed by atoms with Crippen molar-refractivity contribution >= 4 is 11.8 Å². The van der Waals surface area contributed by atoms with Crippen molar-refractivity contribution < 1.29 is 0 Å². The van der Waals surface area contributed by atoms with Crippen LogP contribution in [0.25, 0.3) is 0 Å². The molecule has 0 bridgehead atoms. The number of aryl methyl sites for hydroxylation is 2. The first-order valence-corrected chi connectivity index (χ1v) is 4.43. The first-order chi connectivity index (χ1) is 4.66. The molecule has 0 spiro atoms. The summed E-state index contributed by atoms with van der Waals surface area (Å²) in [4.78, 5) is 0. The minimum Gasteiger partial charge on any atom is -0.262 e. The quantitative estimate of drug-likeness (QED) is 0.577. The van der Waals surface area contributed by atoms with Crippen LogP contribution < -0.4 is 0 Å². The molecule has 56 valence electrons. The highest BCUT2D eigenvalue weighted by atomic mass is 32.2. The van der Waals surface area contributed by atoms with E-state index in [2.05, 4.69) is 18.3 Å². The summed E-state index contributed by atoms with van der Waals surface area (Å²) in [6.45, 7) is 4.14. The van der Waals surface area contributed by atoms with Gasteiger partial charge in [0.25, 0.3) is 0 Å². The van der Waals surface area contributed by atoms with Gasteiger partial charge in [0.15, 0.2) is 0 Å². The lowest BCUT2D eigenvalue weighted by atomic mass is 10.3. The Morgan fingerprint density at radius 1 is 1.40 bits per heavy atom. The van der Waals surface area contributed by atoms with E-state index in [0.29, 0.717) is 0 Å². The Bertz CT molecular complexity index is 240. The fraction of sp³-hybridized carbons (Fsp3) is 0.571. The summed E-state index contributed by atoms with van der Waals surface area (Å²) >= 11 is 1.74. The summed E-state index contributed by atoms with van der Waals surface area (Å²) in [6.07, 6.45) is 2.07. The first kappa shape index (κ1) is 7.66. The van der Waals surface area contributed by atoms with Gasteiger partial charge < -0.3 is 0 Å². The molecule has 3 heteroatoms. The minimum absolute atomic E-state index is 1.13. The van der Waals surface area contributed by atoms with E-state index in [4.69, 9.17) is 0 Å². The Labute approximate surface area is 65.6 Å². The van der Waals surface area contributed by atoms with Crippen LogP contribution in [-0.4, -0.2) is 16.0 Å². The van der Waals surface area contributed by atoms with Crippen LogP contribution in [0.3, 0.4) is 0 Å². The lowest BCUT2D eigenvalue weighted by molar-refractivity contribution is 0.691. The molecule has 0 amide bonds. The summed E-state index contributed by atoms with van der Waals surface area (Å²) in [6, 6.07) is 0. The maximum absolute atomic E-state index is 4.28. The normalized spacial score (nSPS) is 10.4. The summed E-state index contributed by atoms with van der Waals surface area (Å²) in [5.74, 6) is 0. The Balaban J connectivity index is 3.20. The van der Waals surface area contributed by atoms with E-state index in [1.54, 1.807) is 11.8 Å². The smallest absolute Gasteiger partial charge is 0.0965 e. The number of hydrogen-bond acceptors (Lipinski definition) is 2. The fourth-order valence-corrected chi connectivity index (χ4v) is 1.79. The lowest BCUT2D eigenvalue weighted by Gasteiger charge is -1.95. The maximum atomic E-state index is 4.28. The second kappa shape index (κ2) is 2.66. The van der Waals surface area contributed by atoms with E-state index in [1.165, 1.54) is 10.6 Å². The van der Waals surface area contributed by atoms with E-state index < -0.39 is 0 Å². The molecule has 0 aliphatic rings. The van der Waals surface area contributed by atoms with E-state index >= 15 is 0 Å². The monoisotopic (exact) mass is 156 g/mol. The van der Waals surface area contributed by atoms with Crippen molar-refractivity contribution in [3.05, 3.63) is 11.3 Å². The van der Waals surface area contributed by atoms with Gasteiger partial charge in [0.1, 0.15) is 0 Å². The number of hydrogen-bond donors (Lipinski definition) is 0. The molecular weight excluding hydrogens is 144 g/mol. The Morgan fingerprint density at radius 2 is 2.00 bits per heavy atom. The third-order valence-electron chi connectivity index (χ3n) is 1.65. The number of rotatable bonds is 1. The molecule has 0 aliphatic carbocycles. The second-order valence-electron chi connectivity index (χ2n) is 2.34. The molecule has 0 aliphatic heterocycles. The van der Waals surface area contributed by atoms with E-state index in [9.17, 15) is 0 Å². The van der Waals surface area contributed by atoms with Crippen molar-refractivity contribution in [1.82, 2.24) is 9.78 Å². The van der Waals surface area contributed by atoms with Crippen molar-refractivity contribution in [1.29, 1.82) is 0 Å². The summed E-state index contributed by atoms with van der Waals surface area (Å²) in [5.41, 5.74) is 2.43. The van der Waals surface area contributed by atoms with E-state index in [1.807, 2.05) is 18.7 Å². The molecular formula is C7H12N2S. The van der Waals surface area contributed by atoms with Crippen LogP contribution >= 0.6 is 11.8 Å². The van der Waals surface area contributed by atoms with Crippen molar-refractivity contribution in [2.24, 2.45) is 7.05 Å². The molecule has 0 atom stereocenters. The van der Waals surface area contributed by atoms with Crippen LogP contribution in [0.2, 0.25) is 0 Å². The van der Waals surface area contributed by atoms with Gasteiger partial charge in [-0.2, -0.15) is 5.10 Å². The predicted octanol–water partition coefficient (Wildman–Crippen LogP) is 1.76. The van der Waals surface area contributed by atoms with Gasteiger partial charge in [0, 0.05) is 12.6 Å². The van der Waals surface area contributed by atoms with Crippen LogP contribution in [0.1, 0.15) is 11.3 Å². The molecule has 10 heavy (non-hydrogen) atoms. The molecule has 1 rings (SSSR count). The average Bonchev–Trinajstić information content (AvgIpc) is 2.09. The van der Waals surface area contributed by atoms with Crippen LogP contribution in [0, 0.1) is 13.8 Å². The number of aromatic nitrogens is 2. The van der Waals surface area contributed by atoms with Gasteiger partial charge >= 0.3 is 0 Å². The zero-order valence-corrected chi connectivity index (χ0v) is 7.62. The largest absolute Gasteiger partial charge is 0.262 e. The van der Waals surface area contributed by atoms with Gasteiger partial charge in [-0.3, -0.25) is 4.68 Å². The third-order valence-corrected chi connectivity index (χ3v) is 2.61. The molecule has 0 saturated heterocycles. The fourth-order valence-electron chi connectivity index (χ4n) is 1.03. The van der Waals surface area contributed by atoms with E-state index in [-0.39, 0.29) is 0 Å². The highest BCUT2D eigenvalue weighted by molar-refractivity contribution is 7.98. The molecule has 2 nitrogen and oxygen atoms in total. The lowest BCUT2D eigenvalue weighted by Crippen LogP contribution is -1.91. The van der Waals surface area contributed by atoms with Gasteiger partial charge in [-0.1, -0.05) is 0 Å². The van der Waals surface area contributed by atoms with Crippen LogP contribution in [0.4, 0.5) is 0 Å². The topological polar surface area (TPSA) is 17.8 Å². The van der Waals surface area contributed by atoms with Crippen molar-refractivity contribution in [2.75, 3.05) is 6.26 Å². The van der Waals surface area contributed by atoms with Gasteiger partial charge in [-0.15, -0.1) is 11.8 Å². The zero-order chi connectivity index (χ0) is 7.72. The Morgan fingerprint density at radius 3 is 2.20 bits per heavy atom. The Hall–Kier alpha value is -0.440. The second-order valence-corrected chi connectivity index (χ2v) is 3.14. The average molecular weight is 156 g/mol. The van der Waals surface area contributed by atoms with E-state index in [0.717, 1.165) is 5.69 Å². The molecule has 0 aromatic carbocycles. The van der Waals surface area contributed by atoms with Crippen LogP contribution in [0.5, 0.6) is 0 Å². The van der Waals surface area contributed by atoms with Crippen LogP contribution in [-0.2, 0) is 7.05 Å². The molecule has 0 unspecified atom stereocenters. The molecule has 1 aromatic heterocycles. The van der Waals surface area contributed by atoms with Gasteiger partial charge in [0.2, 0.25) is 0 Å². The number of nitrogens with zero attached hydrogens (tertiary/aromatic N) is 2. The third kappa shape index (κ3) is 1.06. The van der Waals surface area contributed by atoms with Gasteiger partial charge in [-0.05, 0) is 20.1 Å². The van der Waals surface area contributed by atoms with Crippen LogP contribution in [0.15, 0.2) is 5.03 Å². The Kier molecular flexibility index (Phi) is 2.04. The molecule has 1 heterocycles. The zero-order valence-electron chi connectivity index (χ0n) is 6.80. The number of thioether (sulfide) groups is 1. The van der Waals surface area contributed by atoms with Crippen molar-refractivity contribution in [3.8, 4) is 0 Å². The van der Waals surface area contributed by atoms with Crippen molar-refractivity contribution in [2.45, 2.75) is 18.9 Å². The SMILES string of the molecule is CSc1c(C)c(C)nn1C. The van der Waals surface area contributed by atoms with Gasteiger partial charge in [-0.25, -0.2) is 0 Å². The van der Waals surface area contributed by atoms with Crippen molar-refractivity contribution in [3.63, 3.8) is 0 Å². The molecule has 0 saturated carbocycles. The summed E-state index contributed by atoms with van der Waals surface area (Å²) in [5, 5.41) is 5.54. The highest BCUT2D eigenvalue weighted by Gasteiger charge is 2.05. The molecule has 0 fully saturated rings. The maximum Gasteiger partial charge on any atom is 0.0965 e. The summed E-state index contributed by atoms with van der Waals surface area (Å²) < 4.78 is 1.93. The highest BCUT2D eigenvalue weighted by Crippen LogP contribution is 2.20. The predicted molar refractivity (Wildman–Crippen MR) is 44.5 cm³/mol.